The molecule has 0 saturated heterocycles. The van der Waals surface area contributed by atoms with E-state index in [0.717, 1.165) is 10.3 Å². The quantitative estimate of drug-likeness (QED) is 0.508. The summed E-state index contributed by atoms with van der Waals surface area (Å²) in [5.74, 6) is 0. The summed E-state index contributed by atoms with van der Waals surface area (Å²) in [6, 6.07) is 11.9. The molecule has 1 aromatic carbocycles. The smallest absolute Gasteiger partial charge is 0.274 e. The summed E-state index contributed by atoms with van der Waals surface area (Å²) in [5, 5.41) is 20.1. The van der Waals surface area contributed by atoms with Crippen LogP contribution in [-0.4, -0.2) is 14.9 Å². The molecule has 2 rings (SSSR count). The van der Waals surface area contributed by atoms with E-state index in [1.807, 2.05) is 30.3 Å². The Balaban J connectivity index is 2.32. The molecule has 0 atom stereocenters. The third-order valence-corrected chi connectivity index (χ3v) is 2.38. The van der Waals surface area contributed by atoms with Crippen LogP contribution in [0.3, 0.4) is 0 Å². The number of nitrogens with zero attached hydrogens (tertiary/aromatic N) is 3. The van der Waals surface area contributed by atoms with Crippen molar-refractivity contribution in [1.82, 2.24) is 4.73 Å². The van der Waals surface area contributed by atoms with Crippen LogP contribution in [0.1, 0.15) is 5.56 Å². The van der Waals surface area contributed by atoms with E-state index in [4.69, 9.17) is 0 Å². The highest BCUT2D eigenvalue weighted by Gasteiger charge is 2.05. The highest BCUT2D eigenvalue weighted by atomic mass is 16.6. The standard InChI is InChI=1S/C12H11N3O3/c16-14-7-6-11(15(17)18)8-12(14)13-9-10-4-2-1-3-5-10/h1-8,16H,9H2. The van der Waals surface area contributed by atoms with Gasteiger partial charge in [0.15, 0.2) is 5.49 Å². The van der Waals surface area contributed by atoms with Gasteiger partial charge in [-0.3, -0.25) is 15.1 Å². The fourth-order valence-electron chi connectivity index (χ4n) is 1.46. The van der Waals surface area contributed by atoms with Crippen LogP contribution >= 0.6 is 0 Å². The Bertz CT molecular complexity index is 620. The molecule has 1 heterocycles. The number of nitro groups is 1. The predicted octanol–water partition coefficient (Wildman–Crippen LogP) is 1.73. The van der Waals surface area contributed by atoms with Crippen LogP contribution in [0.2, 0.25) is 0 Å². The van der Waals surface area contributed by atoms with Gasteiger partial charge in [-0.1, -0.05) is 30.3 Å². The first-order valence-electron chi connectivity index (χ1n) is 5.27. The maximum absolute atomic E-state index is 10.6. The largest absolute Gasteiger partial charge is 0.427 e. The van der Waals surface area contributed by atoms with E-state index in [-0.39, 0.29) is 11.2 Å². The second-order valence-corrected chi connectivity index (χ2v) is 3.65. The molecule has 0 spiro atoms. The monoisotopic (exact) mass is 245 g/mol. The Hall–Kier alpha value is -2.63. The van der Waals surface area contributed by atoms with Gasteiger partial charge < -0.3 is 5.21 Å². The fourth-order valence-corrected chi connectivity index (χ4v) is 1.46. The number of hydrogen-bond acceptors (Lipinski definition) is 4. The van der Waals surface area contributed by atoms with Crippen LogP contribution in [-0.2, 0) is 6.54 Å². The minimum Gasteiger partial charge on any atom is -0.427 e. The Labute approximate surface area is 103 Å². The third-order valence-electron chi connectivity index (χ3n) is 2.38. The van der Waals surface area contributed by atoms with Crippen LogP contribution < -0.4 is 5.49 Å². The number of hydrogen-bond donors (Lipinski definition) is 1. The van der Waals surface area contributed by atoms with Crippen LogP contribution in [0.4, 0.5) is 5.69 Å². The highest BCUT2D eigenvalue weighted by molar-refractivity contribution is 5.25. The van der Waals surface area contributed by atoms with Crippen molar-refractivity contribution >= 4 is 5.69 Å². The first kappa shape index (κ1) is 11.8. The summed E-state index contributed by atoms with van der Waals surface area (Å²) in [5.41, 5.74) is 1.00. The molecular weight excluding hydrogens is 234 g/mol. The minimum atomic E-state index is -0.526. The Kier molecular flexibility index (Phi) is 3.38. The van der Waals surface area contributed by atoms with Gasteiger partial charge in [-0.05, 0) is 5.56 Å². The molecular formula is C12H11N3O3. The summed E-state index contributed by atoms with van der Waals surface area (Å²) in [6.45, 7) is 0.350. The zero-order valence-electron chi connectivity index (χ0n) is 9.43. The van der Waals surface area contributed by atoms with Crippen LogP contribution in [0.5, 0.6) is 0 Å². The minimum absolute atomic E-state index is 0.105. The Morgan fingerprint density at radius 3 is 2.67 bits per heavy atom. The van der Waals surface area contributed by atoms with Crippen LogP contribution in [0.25, 0.3) is 0 Å². The molecule has 0 aliphatic rings. The van der Waals surface area contributed by atoms with Crippen molar-refractivity contribution in [3.63, 3.8) is 0 Å². The average Bonchev–Trinajstić information content (AvgIpc) is 2.38. The van der Waals surface area contributed by atoms with E-state index >= 15 is 0 Å². The van der Waals surface area contributed by atoms with Crippen molar-refractivity contribution in [3.05, 3.63) is 69.8 Å². The molecule has 92 valence electrons. The van der Waals surface area contributed by atoms with Gasteiger partial charge in [0.2, 0.25) is 0 Å². The highest BCUT2D eigenvalue weighted by Crippen LogP contribution is 2.05. The molecule has 2 aromatic rings. The molecule has 0 amide bonds. The molecule has 0 saturated carbocycles. The lowest BCUT2D eigenvalue weighted by Gasteiger charge is -1.99. The van der Waals surface area contributed by atoms with Gasteiger partial charge in [-0.2, -0.15) is 4.73 Å². The van der Waals surface area contributed by atoms with Gasteiger partial charge in [0.1, 0.15) is 0 Å². The molecule has 0 fully saturated rings. The number of pyridine rings is 1. The number of benzene rings is 1. The Morgan fingerprint density at radius 1 is 1.28 bits per heavy atom. The molecule has 6 nitrogen and oxygen atoms in total. The molecule has 0 bridgehead atoms. The van der Waals surface area contributed by atoms with Gasteiger partial charge >= 0.3 is 0 Å². The SMILES string of the molecule is O=[N+]([O-])c1ccn(O)c(=NCc2ccccc2)c1. The molecule has 0 aliphatic carbocycles. The van der Waals surface area contributed by atoms with Crippen molar-refractivity contribution < 1.29 is 10.1 Å². The Morgan fingerprint density at radius 2 is 2.00 bits per heavy atom. The number of aromatic nitrogens is 1. The van der Waals surface area contributed by atoms with Crippen molar-refractivity contribution in [2.24, 2.45) is 4.99 Å². The second-order valence-electron chi connectivity index (χ2n) is 3.65. The van der Waals surface area contributed by atoms with Gasteiger partial charge in [-0.15, -0.1) is 0 Å². The maximum Gasteiger partial charge on any atom is 0.274 e. The van der Waals surface area contributed by atoms with E-state index in [1.165, 1.54) is 18.3 Å². The van der Waals surface area contributed by atoms with E-state index < -0.39 is 4.92 Å². The van der Waals surface area contributed by atoms with E-state index in [0.29, 0.717) is 6.54 Å². The van der Waals surface area contributed by atoms with E-state index in [9.17, 15) is 15.3 Å². The first-order valence-corrected chi connectivity index (χ1v) is 5.27. The van der Waals surface area contributed by atoms with Crippen molar-refractivity contribution in [3.8, 4) is 0 Å². The normalized spacial score (nSPS) is 11.4. The summed E-state index contributed by atoms with van der Waals surface area (Å²) in [7, 11) is 0. The fraction of sp³-hybridized carbons (Fsp3) is 0.0833. The summed E-state index contributed by atoms with van der Waals surface area (Å²) in [4.78, 5) is 14.2. The first-order chi connectivity index (χ1) is 8.66. The summed E-state index contributed by atoms with van der Waals surface area (Å²) >= 11 is 0. The molecule has 1 N–H and O–H groups in total. The molecule has 0 radical (unpaired) electrons. The van der Waals surface area contributed by atoms with Crippen LogP contribution in [0, 0.1) is 10.1 Å². The second kappa shape index (κ2) is 5.13. The summed E-state index contributed by atoms with van der Waals surface area (Å²) in [6.07, 6.45) is 1.20. The van der Waals surface area contributed by atoms with Gasteiger partial charge in [0.05, 0.1) is 23.7 Å². The van der Waals surface area contributed by atoms with Crippen molar-refractivity contribution in [2.75, 3.05) is 0 Å². The van der Waals surface area contributed by atoms with E-state index in [2.05, 4.69) is 4.99 Å². The lowest BCUT2D eigenvalue weighted by atomic mass is 10.2. The molecule has 18 heavy (non-hydrogen) atoms. The predicted molar refractivity (Wildman–Crippen MR) is 64.0 cm³/mol. The lowest BCUT2D eigenvalue weighted by molar-refractivity contribution is -0.385. The molecule has 0 aliphatic heterocycles. The van der Waals surface area contributed by atoms with Crippen molar-refractivity contribution in [1.29, 1.82) is 0 Å². The van der Waals surface area contributed by atoms with Gasteiger partial charge in [-0.25, -0.2) is 0 Å². The molecule has 1 aromatic heterocycles. The summed E-state index contributed by atoms with van der Waals surface area (Å²) < 4.78 is 0.760. The van der Waals surface area contributed by atoms with Gasteiger partial charge in [0.25, 0.3) is 5.69 Å². The lowest BCUT2D eigenvalue weighted by Crippen LogP contribution is -2.18. The zero-order valence-corrected chi connectivity index (χ0v) is 9.43. The third kappa shape index (κ3) is 2.73. The van der Waals surface area contributed by atoms with Crippen molar-refractivity contribution in [2.45, 2.75) is 6.54 Å². The molecule has 0 unspecified atom stereocenters. The topological polar surface area (TPSA) is 80.7 Å². The zero-order chi connectivity index (χ0) is 13.0. The van der Waals surface area contributed by atoms with Crippen LogP contribution in [0.15, 0.2) is 53.7 Å². The van der Waals surface area contributed by atoms with E-state index in [1.54, 1.807) is 0 Å². The molecule has 6 heteroatoms. The average molecular weight is 245 g/mol. The maximum atomic E-state index is 10.6. The van der Waals surface area contributed by atoms with Gasteiger partial charge in [0, 0.05) is 6.07 Å². The number of rotatable bonds is 3.